The zero-order valence-corrected chi connectivity index (χ0v) is 16.3. The maximum atomic E-state index is 12.3. The summed E-state index contributed by atoms with van der Waals surface area (Å²) < 4.78 is 4.67. The Hall–Kier alpha value is -3.08. The van der Waals surface area contributed by atoms with Gasteiger partial charge in [0.25, 0.3) is 0 Å². The summed E-state index contributed by atoms with van der Waals surface area (Å²) >= 11 is 0. The molecule has 0 saturated heterocycles. The lowest BCUT2D eigenvalue weighted by Crippen LogP contribution is -2.46. The lowest BCUT2D eigenvalue weighted by Gasteiger charge is -2.27. The third-order valence-electron chi connectivity index (χ3n) is 4.33. The quantitative estimate of drug-likeness (QED) is 0.752. The molecule has 27 heavy (non-hydrogen) atoms. The van der Waals surface area contributed by atoms with E-state index in [9.17, 15) is 9.59 Å². The Morgan fingerprint density at radius 2 is 1.74 bits per heavy atom. The summed E-state index contributed by atoms with van der Waals surface area (Å²) in [6.45, 7) is 10.2. The lowest BCUT2D eigenvalue weighted by molar-refractivity contribution is 0.0600. The number of hydrogen-bond acceptors (Lipinski definition) is 3. The molecule has 2 aromatic carbocycles. The van der Waals surface area contributed by atoms with Gasteiger partial charge in [-0.05, 0) is 55.7 Å². The number of methoxy groups -OCH3 is 1. The van der Waals surface area contributed by atoms with Gasteiger partial charge >= 0.3 is 12.0 Å². The first-order valence-electron chi connectivity index (χ1n) is 8.72. The Bertz CT molecular complexity index is 839. The number of urea groups is 1. The fourth-order valence-corrected chi connectivity index (χ4v) is 2.63. The number of ether oxygens (including phenoxy) is 1. The van der Waals surface area contributed by atoms with Crippen LogP contribution in [0.2, 0.25) is 0 Å². The molecular formula is C22H26N2O3. The number of carbonyl (C=O) groups is 2. The van der Waals surface area contributed by atoms with Crippen LogP contribution in [0, 0.1) is 0 Å². The minimum atomic E-state index is -0.537. The summed E-state index contributed by atoms with van der Waals surface area (Å²) in [5, 5.41) is 5.83. The molecule has 0 aliphatic rings. The Morgan fingerprint density at radius 1 is 1.07 bits per heavy atom. The highest BCUT2D eigenvalue weighted by Gasteiger charge is 2.23. The summed E-state index contributed by atoms with van der Waals surface area (Å²) in [6.07, 6.45) is 0. The van der Waals surface area contributed by atoms with Crippen molar-refractivity contribution >= 4 is 17.6 Å². The predicted octanol–water partition coefficient (Wildman–Crippen LogP) is 4.24. The minimum absolute atomic E-state index is 0.266. The summed E-state index contributed by atoms with van der Waals surface area (Å²) in [6, 6.07) is 14.6. The summed E-state index contributed by atoms with van der Waals surface area (Å²) in [5.41, 5.74) is 3.86. The van der Waals surface area contributed by atoms with E-state index in [2.05, 4.69) is 21.9 Å². The van der Waals surface area contributed by atoms with Gasteiger partial charge in [-0.3, -0.25) is 0 Å². The second kappa shape index (κ2) is 8.54. The van der Waals surface area contributed by atoms with Crippen molar-refractivity contribution < 1.29 is 14.3 Å². The van der Waals surface area contributed by atoms with Gasteiger partial charge in [0.1, 0.15) is 0 Å². The molecule has 2 N–H and O–H groups in total. The van der Waals surface area contributed by atoms with Gasteiger partial charge < -0.3 is 15.4 Å². The fourth-order valence-electron chi connectivity index (χ4n) is 2.63. The van der Waals surface area contributed by atoms with E-state index in [1.807, 2.05) is 45.0 Å². The number of benzene rings is 2. The predicted molar refractivity (Wildman–Crippen MR) is 107 cm³/mol. The highest BCUT2D eigenvalue weighted by molar-refractivity contribution is 5.89. The molecule has 5 nitrogen and oxygen atoms in total. The topological polar surface area (TPSA) is 67.4 Å². The van der Waals surface area contributed by atoms with Gasteiger partial charge in [0.15, 0.2) is 0 Å². The number of amides is 2. The van der Waals surface area contributed by atoms with Crippen LogP contribution in [-0.2, 0) is 16.8 Å². The average Bonchev–Trinajstić information content (AvgIpc) is 2.66. The van der Waals surface area contributed by atoms with Crippen molar-refractivity contribution in [3.05, 3.63) is 77.4 Å². The van der Waals surface area contributed by atoms with E-state index in [-0.39, 0.29) is 12.0 Å². The largest absolute Gasteiger partial charge is 0.465 e. The molecule has 0 aliphatic carbocycles. The molecule has 142 valence electrons. The summed E-state index contributed by atoms with van der Waals surface area (Å²) in [7, 11) is 1.34. The van der Waals surface area contributed by atoms with Crippen molar-refractivity contribution in [2.75, 3.05) is 7.11 Å². The Morgan fingerprint density at radius 3 is 2.33 bits per heavy atom. The molecule has 0 radical (unpaired) electrons. The van der Waals surface area contributed by atoms with E-state index in [0.717, 1.165) is 22.3 Å². The molecule has 0 bridgehead atoms. The van der Waals surface area contributed by atoms with E-state index >= 15 is 0 Å². The third kappa shape index (κ3) is 5.45. The van der Waals surface area contributed by atoms with Crippen LogP contribution in [-0.4, -0.2) is 19.1 Å². The van der Waals surface area contributed by atoms with Gasteiger partial charge in [0, 0.05) is 6.54 Å². The van der Waals surface area contributed by atoms with Gasteiger partial charge in [-0.25, -0.2) is 9.59 Å². The van der Waals surface area contributed by atoms with Crippen LogP contribution < -0.4 is 10.6 Å². The second-order valence-electron chi connectivity index (χ2n) is 6.98. The van der Waals surface area contributed by atoms with Crippen LogP contribution in [0.15, 0.2) is 55.1 Å². The first-order valence-corrected chi connectivity index (χ1v) is 8.72. The van der Waals surface area contributed by atoms with Gasteiger partial charge in [-0.15, -0.1) is 0 Å². The molecule has 0 saturated carbocycles. The molecule has 0 fully saturated rings. The Balaban J connectivity index is 1.97. The molecule has 0 atom stereocenters. The molecule has 0 heterocycles. The molecule has 0 unspecified atom stereocenters. The second-order valence-corrected chi connectivity index (χ2v) is 6.98. The Labute approximate surface area is 160 Å². The normalized spacial score (nSPS) is 10.8. The van der Waals surface area contributed by atoms with Crippen molar-refractivity contribution in [2.45, 2.75) is 32.9 Å². The van der Waals surface area contributed by atoms with E-state index in [1.54, 1.807) is 24.3 Å². The van der Waals surface area contributed by atoms with Crippen molar-refractivity contribution in [3.63, 3.8) is 0 Å². The van der Waals surface area contributed by atoms with Gasteiger partial charge in [0.05, 0.1) is 18.2 Å². The SMILES string of the molecule is C=C(C)c1cccc(C(C)(C)NC(=O)NCc2ccc(C(=O)OC)cc2)c1. The zero-order valence-electron chi connectivity index (χ0n) is 16.3. The van der Waals surface area contributed by atoms with Crippen LogP contribution in [0.3, 0.4) is 0 Å². The minimum Gasteiger partial charge on any atom is -0.465 e. The van der Waals surface area contributed by atoms with Crippen LogP contribution in [0.4, 0.5) is 4.79 Å². The van der Waals surface area contributed by atoms with Crippen LogP contribution in [0.25, 0.3) is 5.57 Å². The maximum absolute atomic E-state index is 12.3. The highest BCUT2D eigenvalue weighted by atomic mass is 16.5. The van der Waals surface area contributed by atoms with Crippen molar-refractivity contribution in [2.24, 2.45) is 0 Å². The number of rotatable bonds is 6. The average molecular weight is 366 g/mol. The van der Waals surface area contributed by atoms with Gasteiger partial charge in [-0.1, -0.05) is 42.5 Å². The molecule has 2 rings (SSSR count). The van der Waals surface area contributed by atoms with E-state index < -0.39 is 5.54 Å². The molecule has 0 aromatic heterocycles. The monoisotopic (exact) mass is 366 g/mol. The number of allylic oxidation sites excluding steroid dienone is 1. The fraction of sp³-hybridized carbons (Fsp3) is 0.273. The number of carbonyl (C=O) groups excluding carboxylic acids is 2. The summed E-state index contributed by atoms with van der Waals surface area (Å²) in [4.78, 5) is 23.8. The highest BCUT2D eigenvalue weighted by Crippen LogP contribution is 2.23. The molecular weight excluding hydrogens is 340 g/mol. The Kier molecular flexibility index (Phi) is 6.40. The van der Waals surface area contributed by atoms with E-state index in [1.165, 1.54) is 7.11 Å². The van der Waals surface area contributed by atoms with E-state index in [0.29, 0.717) is 12.1 Å². The molecule has 0 spiro atoms. The first-order chi connectivity index (χ1) is 12.7. The molecule has 0 aliphatic heterocycles. The smallest absolute Gasteiger partial charge is 0.337 e. The first kappa shape index (κ1) is 20.2. The van der Waals surface area contributed by atoms with Crippen molar-refractivity contribution in [3.8, 4) is 0 Å². The number of hydrogen-bond donors (Lipinski definition) is 2. The van der Waals surface area contributed by atoms with Gasteiger partial charge in [0.2, 0.25) is 0 Å². The number of nitrogens with one attached hydrogen (secondary N) is 2. The van der Waals surface area contributed by atoms with E-state index in [4.69, 9.17) is 0 Å². The van der Waals surface area contributed by atoms with Crippen LogP contribution >= 0.6 is 0 Å². The lowest BCUT2D eigenvalue weighted by atomic mass is 9.92. The molecule has 2 aromatic rings. The van der Waals surface area contributed by atoms with Crippen LogP contribution in [0.5, 0.6) is 0 Å². The van der Waals surface area contributed by atoms with Gasteiger partial charge in [-0.2, -0.15) is 0 Å². The number of esters is 1. The van der Waals surface area contributed by atoms with Crippen molar-refractivity contribution in [1.29, 1.82) is 0 Å². The molecule has 2 amide bonds. The van der Waals surface area contributed by atoms with Crippen molar-refractivity contribution in [1.82, 2.24) is 10.6 Å². The van der Waals surface area contributed by atoms with Crippen LogP contribution in [0.1, 0.15) is 47.8 Å². The third-order valence-corrected chi connectivity index (χ3v) is 4.33. The summed E-state index contributed by atoms with van der Waals surface area (Å²) in [5.74, 6) is -0.383. The maximum Gasteiger partial charge on any atom is 0.337 e. The molecule has 5 heteroatoms. The standard InChI is InChI=1S/C22H26N2O3/c1-15(2)18-7-6-8-19(13-18)22(3,4)24-21(26)23-14-16-9-11-17(12-10-16)20(25)27-5/h6-13H,1,14H2,2-5H3,(H2,23,24,26). The zero-order chi connectivity index (χ0) is 20.0.